The van der Waals surface area contributed by atoms with Gasteiger partial charge in [-0.3, -0.25) is 0 Å². The number of aromatic hydroxyl groups is 1. The number of fused-ring (bicyclic) bond motifs is 4. The molecule has 0 radical (unpaired) electrons. The maximum atomic E-state index is 9.93. The van der Waals surface area contributed by atoms with Crippen LogP contribution in [0.25, 0.3) is 22.3 Å². The van der Waals surface area contributed by atoms with Crippen LogP contribution in [0.3, 0.4) is 0 Å². The smallest absolute Gasteiger partial charge is 0.135 e. The second-order valence-electron chi connectivity index (χ2n) is 7.91. The van der Waals surface area contributed by atoms with E-state index in [1.807, 2.05) is 30.3 Å². The molecule has 4 nitrogen and oxygen atoms in total. The van der Waals surface area contributed by atoms with Gasteiger partial charge in [-0.15, -0.1) is 0 Å². The van der Waals surface area contributed by atoms with Crippen LogP contribution >= 0.6 is 0 Å². The molecule has 1 unspecified atom stereocenters. The van der Waals surface area contributed by atoms with Crippen molar-refractivity contribution in [1.29, 1.82) is 0 Å². The molecule has 2 aliphatic rings. The van der Waals surface area contributed by atoms with Gasteiger partial charge in [0.15, 0.2) is 0 Å². The highest BCUT2D eigenvalue weighted by Gasteiger charge is 2.41. The number of ether oxygens (including phenoxy) is 1. The molecule has 1 saturated heterocycles. The minimum Gasteiger partial charge on any atom is -0.508 e. The van der Waals surface area contributed by atoms with E-state index >= 15 is 0 Å². The first kappa shape index (κ1) is 16.7. The van der Waals surface area contributed by atoms with Crippen LogP contribution in [-0.2, 0) is 4.74 Å². The summed E-state index contributed by atoms with van der Waals surface area (Å²) >= 11 is 0. The van der Waals surface area contributed by atoms with Crippen LogP contribution in [0.2, 0.25) is 0 Å². The summed E-state index contributed by atoms with van der Waals surface area (Å²) in [6.07, 6.45) is 1.04. The molecule has 0 aliphatic carbocycles. The molecule has 6 rings (SSSR count). The van der Waals surface area contributed by atoms with Crippen molar-refractivity contribution in [2.45, 2.75) is 18.6 Å². The lowest BCUT2D eigenvalue weighted by molar-refractivity contribution is 0.0829. The summed E-state index contributed by atoms with van der Waals surface area (Å²) in [5, 5.41) is 14.7. The van der Waals surface area contributed by atoms with Gasteiger partial charge < -0.3 is 19.6 Å². The SMILES string of the molecule is Oc1cccc([C@H]2Nc3ccc(-c4cc5ccccc5o4)cc3C3OCC[C@H]32)c1. The first-order valence-electron chi connectivity index (χ1n) is 10.1. The fourth-order valence-electron chi connectivity index (χ4n) is 4.80. The Morgan fingerprint density at radius 3 is 2.76 bits per heavy atom. The minimum absolute atomic E-state index is 0.0444. The fourth-order valence-corrected chi connectivity index (χ4v) is 4.80. The lowest BCUT2D eigenvalue weighted by atomic mass is 9.80. The molecule has 3 atom stereocenters. The number of nitrogens with one attached hydrogen (secondary N) is 1. The standard InChI is InChI=1S/C25H21NO3/c27-18-6-3-5-17(12-18)24-19-10-11-28-25(19)20-13-16(8-9-21(20)26-24)23-14-15-4-1-2-7-22(15)29-23/h1-9,12-14,19,24-27H,10-11H2/t19-,24+,25?/m0/s1. The molecule has 2 aliphatic heterocycles. The predicted molar refractivity (Wildman–Crippen MR) is 113 cm³/mol. The Hall–Kier alpha value is -3.24. The third kappa shape index (κ3) is 2.71. The summed E-state index contributed by atoms with van der Waals surface area (Å²) in [6.45, 7) is 0.751. The number of para-hydroxylation sites is 1. The third-order valence-electron chi connectivity index (χ3n) is 6.17. The van der Waals surface area contributed by atoms with Crippen molar-refractivity contribution in [2.24, 2.45) is 5.92 Å². The van der Waals surface area contributed by atoms with Crippen LogP contribution in [0.15, 0.2) is 77.2 Å². The second kappa shape index (κ2) is 6.39. The largest absolute Gasteiger partial charge is 0.508 e. The summed E-state index contributed by atoms with van der Waals surface area (Å²) in [7, 11) is 0. The van der Waals surface area contributed by atoms with Crippen molar-refractivity contribution >= 4 is 16.7 Å². The van der Waals surface area contributed by atoms with Crippen LogP contribution in [0.5, 0.6) is 5.75 Å². The molecule has 0 amide bonds. The van der Waals surface area contributed by atoms with Crippen molar-refractivity contribution in [3.63, 3.8) is 0 Å². The van der Waals surface area contributed by atoms with Crippen LogP contribution in [0.1, 0.15) is 29.7 Å². The van der Waals surface area contributed by atoms with E-state index in [1.54, 1.807) is 6.07 Å². The molecule has 0 spiro atoms. The Bertz CT molecular complexity index is 1180. The van der Waals surface area contributed by atoms with E-state index in [1.165, 1.54) is 5.56 Å². The molecule has 0 saturated carbocycles. The zero-order valence-electron chi connectivity index (χ0n) is 15.8. The topological polar surface area (TPSA) is 54.6 Å². The molecule has 4 aromatic rings. The van der Waals surface area contributed by atoms with Crippen LogP contribution < -0.4 is 5.32 Å². The molecule has 3 heterocycles. The van der Waals surface area contributed by atoms with E-state index in [4.69, 9.17) is 9.15 Å². The number of phenols is 1. The van der Waals surface area contributed by atoms with Gasteiger partial charge in [0, 0.05) is 34.7 Å². The van der Waals surface area contributed by atoms with Gasteiger partial charge >= 0.3 is 0 Å². The molecule has 2 N–H and O–H groups in total. The zero-order chi connectivity index (χ0) is 19.4. The van der Waals surface area contributed by atoms with Crippen molar-refractivity contribution in [2.75, 3.05) is 11.9 Å². The Labute approximate surface area is 168 Å². The van der Waals surface area contributed by atoms with E-state index in [9.17, 15) is 5.11 Å². The Morgan fingerprint density at radius 2 is 1.86 bits per heavy atom. The molecule has 29 heavy (non-hydrogen) atoms. The molecule has 1 aromatic heterocycles. The number of furan rings is 1. The average molecular weight is 383 g/mol. The molecular formula is C25H21NO3. The number of benzene rings is 3. The molecule has 144 valence electrons. The molecule has 4 heteroatoms. The van der Waals surface area contributed by atoms with Gasteiger partial charge in [0.2, 0.25) is 0 Å². The number of hydrogen-bond acceptors (Lipinski definition) is 4. The van der Waals surface area contributed by atoms with Crippen molar-refractivity contribution in [3.05, 3.63) is 83.9 Å². The summed E-state index contributed by atoms with van der Waals surface area (Å²) in [4.78, 5) is 0. The van der Waals surface area contributed by atoms with Crippen molar-refractivity contribution in [1.82, 2.24) is 0 Å². The van der Waals surface area contributed by atoms with Crippen molar-refractivity contribution < 1.29 is 14.3 Å². The Balaban J connectivity index is 1.42. The van der Waals surface area contributed by atoms with E-state index in [0.717, 1.165) is 46.6 Å². The van der Waals surface area contributed by atoms with E-state index in [0.29, 0.717) is 11.7 Å². The monoisotopic (exact) mass is 383 g/mol. The molecule has 3 aromatic carbocycles. The van der Waals surface area contributed by atoms with Gasteiger partial charge in [0.25, 0.3) is 0 Å². The highest BCUT2D eigenvalue weighted by molar-refractivity contribution is 5.83. The van der Waals surface area contributed by atoms with E-state index in [-0.39, 0.29) is 12.1 Å². The Kier molecular flexibility index (Phi) is 3.68. The van der Waals surface area contributed by atoms with Crippen LogP contribution in [-0.4, -0.2) is 11.7 Å². The minimum atomic E-state index is 0.0444. The first-order chi connectivity index (χ1) is 14.3. The van der Waals surface area contributed by atoms with Gasteiger partial charge in [-0.25, -0.2) is 0 Å². The highest BCUT2D eigenvalue weighted by atomic mass is 16.5. The van der Waals surface area contributed by atoms with Crippen molar-refractivity contribution in [3.8, 4) is 17.1 Å². The quantitative estimate of drug-likeness (QED) is 0.442. The molecule has 1 fully saturated rings. The average Bonchev–Trinajstić information content (AvgIpc) is 3.40. The normalized spacial score (nSPS) is 22.8. The van der Waals surface area contributed by atoms with Crippen LogP contribution in [0, 0.1) is 5.92 Å². The van der Waals surface area contributed by atoms with Gasteiger partial charge in [-0.05, 0) is 54.4 Å². The molecular weight excluding hydrogens is 362 g/mol. The maximum Gasteiger partial charge on any atom is 0.135 e. The number of hydrogen-bond donors (Lipinski definition) is 2. The van der Waals surface area contributed by atoms with Gasteiger partial charge in [-0.2, -0.15) is 0 Å². The number of rotatable bonds is 2. The highest BCUT2D eigenvalue weighted by Crippen LogP contribution is 2.50. The second-order valence-corrected chi connectivity index (χ2v) is 7.91. The summed E-state index contributed by atoms with van der Waals surface area (Å²) in [5.41, 5.74) is 5.32. The lowest BCUT2D eigenvalue weighted by Gasteiger charge is -2.36. The third-order valence-corrected chi connectivity index (χ3v) is 6.17. The lowest BCUT2D eigenvalue weighted by Crippen LogP contribution is -2.29. The number of anilines is 1. The summed E-state index contributed by atoms with van der Waals surface area (Å²) in [6, 6.07) is 24.2. The van der Waals surface area contributed by atoms with Crippen LogP contribution in [0.4, 0.5) is 5.69 Å². The van der Waals surface area contributed by atoms with E-state index in [2.05, 4.69) is 41.7 Å². The van der Waals surface area contributed by atoms with E-state index < -0.39 is 0 Å². The fraction of sp³-hybridized carbons (Fsp3) is 0.200. The predicted octanol–water partition coefficient (Wildman–Crippen LogP) is 6.05. The van der Waals surface area contributed by atoms with Gasteiger partial charge in [0.05, 0.1) is 12.1 Å². The first-order valence-corrected chi connectivity index (χ1v) is 10.1. The maximum absolute atomic E-state index is 9.93. The van der Waals surface area contributed by atoms with Gasteiger partial charge in [-0.1, -0.05) is 30.3 Å². The zero-order valence-corrected chi connectivity index (χ0v) is 15.8. The number of phenolic OH excluding ortho intramolecular Hbond substituents is 1. The summed E-state index contributed by atoms with van der Waals surface area (Å²) < 4.78 is 12.3. The Morgan fingerprint density at radius 1 is 0.931 bits per heavy atom. The van der Waals surface area contributed by atoms with Gasteiger partial charge in [0.1, 0.15) is 17.1 Å². The molecule has 0 bridgehead atoms. The summed E-state index contributed by atoms with van der Waals surface area (Å²) in [5.74, 6) is 1.50.